The molecular weight excluding hydrogens is 348 g/mol. The van der Waals surface area contributed by atoms with E-state index in [-0.39, 0.29) is 26.8 Å². The number of benzene rings is 2. The third-order valence-corrected chi connectivity index (χ3v) is 3.53. The topological polar surface area (TPSA) is 68.0 Å². The van der Waals surface area contributed by atoms with E-state index in [1.54, 1.807) is 0 Å². The third kappa shape index (κ3) is 2.17. The molecule has 1 N–H and O–H groups in total. The van der Waals surface area contributed by atoms with Crippen molar-refractivity contribution in [1.82, 2.24) is 15.0 Å². The van der Waals surface area contributed by atoms with Crippen LogP contribution in [0.25, 0.3) is 16.7 Å². The number of carboxylic acid groups (broad SMARTS) is 1. The summed E-state index contributed by atoms with van der Waals surface area (Å²) >= 11 is 2.89. The van der Waals surface area contributed by atoms with Crippen LogP contribution in [0.4, 0.5) is 8.78 Å². The number of rotatable bonds is 2. The van der Waals surface area contributed by atoms with Gasteiger partial charge in [0.05, 0.1) is 15.6 Å². The first-order valence-electron chi connectivity index (χ1n) is 5.71. The molecule has 0 spiro atoms. The molecule has 1 aromatic heterocycles. The summed E-state index contributed by atoms with van der Waals surface area (Å²) in [5.41, 5.74) is 0.167. The maximum atomic E-state index is 14.0. The molecule has 1 heterocycles. The highest BCUT2D eigenvalue weighted by atomic mass is 79.9. The predicted octanol–water partition coefficient (Wildman–Crippen LogP) is 3.16. The molecule has 8 heteroatoms. The SMILES string of the molecule is O=C(O)c1cccc2c1nnn2-c1cc(F)c(Br)cc1F. The van der Waals surface area contributed by atoms with Crippen LogP contribution in [0.2, 0.25) is 0 Å². The van der Waals surface area contributed by atoms with Gasteiger partial charge in [0.1, 0.15) is 22.8 Å². The summed E-state index contributed by atoms with van der Waals surface area (Å²) in [5.74, 6) is -2.55. The molecular formula is C13H6BrF2N3O2. The number of aromatic nitrogens is 3. The highest BCUT2D eigenvalue weighted by molar-refractivity contribution is 9.10. The lowest BCUT2D eigenvalue weighted by molar-refractivity contribution is 0.0699. The molecule has 21 heavy (non-hydrogen) atoms. The number of carbonyl (C=O) groups is 1. The van der Waals surface area contributed by atoms with E-state index in [4.69, 9.17) is 5.11 Å². The lowest BCUT2D eigenvalue weighted by Crippen LogP contribution is -2.02. The third-order valence-electron chi connectivity index (χ3n) is 2.93. The molecule has 0 fully saturated rings. The quantitative estimate of drug-likeness (QED) is 0.718. The number of fused-ring (bicyclic) bond motifs is 1. The van der Waals surface area contributed by atoms with Crippen LogP contribution in [-0.4, -0.2) is 26.1 Å². The number of halogens is 3. The van der Waals surface area contributed by atoms with Crippen LogP contribution in [0.1, 0.15) is 10.4 Å². The number of hydrogen-bond donors (Lipinski definition) is 1. The van der Waals surface area contributed by atoms with E-state index >= 15 is 0 Å². The van der Waals surface area contributed by atoms with E-state index in [1.807, 2.05) is 0 Å². The standard InChI is InChI=1S/C13H6BrF2N3O2/c14-7-4-9(16)11(5-8(7)15)19-10-3-1-2-6(13(20)21)12(10)17-18-19/h1-5H,(H,20,21). The fourth-order valence-electron chi connectivity index (χ4n) is 1.97. The van der Waals surface area contributed by atoms with E-state index < -0.39 is 17.6 Å². The van der Waals surface area contributed by atoms with Gasteiger partial charge in [-0.3, -0.25) is 0 Å². The average molecular weight is 354 g/mol. The largest absolute Gasteiger partial charge is 0.478 e. The van der Waals surface area contributed by atoms with Crippen molar-refractivity contribution in [2.75, 3.05) is 0 Å². The zero-order valence-electron chi connectivity index (χ0n) is 10.2. The fourth-order valence-corrected chi connectivity index (χ4v) is 2.29. The predicted molar refractivity (Wildman–Crippen MR) is 73.4 cm³/mol. The van der Waals surface area contributed by atoms with Crippen LogP contribution >= 0.6 is 15.9 Å². The summed E-state index contributed by atoms with van der Waals surface area (Å²) in [6, 6.07) is 6.31. The van der Waals surface area contributed by atoms with Crippen molar-refractivity contribution >= 4 is 32.9 Å². The van der Waals surface area contributed by atoms with Crippen molar-refractivity contribution in [3.05, 3.63) is 52.0 Å². The number of nitrogens with zero attached hydrogens (tertiary/aromatic N) is 3. The Morgan fingerprint density at radius 3 is 2.71 bits per heavy atom. The van der Waals surface area contributed by atoms with Gasteiger partial charge in [-0.15, -0.1) is 5.10 Å². The maximum Gasteiger partial charge on any atom is 0.338 e. The van der Waals surface area contributed by atoms with Crippen molar-refractivity contribution in [3.8, 4) is 5.69 Å². The van der Waals surface area contributed by atoms with Crippen LogP contribution in [0.3, 0.4) is 0 Å². The van der Waals surface area contributed by atoms with Crippen LogP contribution in [0.5, 0.6) is 0 Å². The second kappa shape index (κ2) is 4.88. The van der Waals surface area contributed by atoms with Crippen molar-refractivity contribution < 1.29 is 18.7 Å². The molecule has 0 saturated heterocycles. The van der Waals surface area contributed by atoms with E-state index in [1.165, 1.54) is 18.2 Å². The number of carboxylic acids is 1. The molecule has 0 aliphatic heterocycles. The monoisotopic (exact) mass is 353 g/mol. The van der Waals surface area contributed by atoms with Crippen LogP contribution in [0.15, 0.2) is 34.8 Å². The van der Waals surface area contributed by atoms with Crippen LogP contribution in [-0.2, 0) is 0 Å². The Bertz CT molecular complexity index is 879. The van der Waals surface area contributed by atoms with E-state index in [9.17, 15) is 13.6 Å². The van der Waals surface area contributed by atoms with Crippen molar-refractivity contribution in [2.45, 2.75) is 0 Å². The average Bonchev–Trinajstić information content (AvgIpc) is 2.86. The lowest BCUT2D eigenvalue weighted by atomic mass is 10.2. The second-order valence-electron chi connectivity index (χ2n) is 4.20. The fraction of sp³-hybridized carbons (Fsp3) is 0. The van der Waals surface area contributed by atoms with Gasteiger partial charge in [0, 0.05) is 6.07 Å². The van der Waals surface area contributed by atoms with Gasteiger partial charge in [0.25, 0.3) is 0 Å². The zero-order chi connectivity index (χ0) is 15.1. The minimum Gasteiger partial charge on any atom is -0.478 e. The van der Waals surface area contributed by atoms with Gasteiger partial charge in [0.2, 0.25) is 0 Å². The Balaban J connectivity index is 2.30. The summed E-state index contributed by atoms with van der Waals surface area (Å²) < 4.78 is 28.6. The molecule has 0 aliphatic carbocycles. The minimum absolute atomic E-state index is 0.0144. The maximum absolute atomic E-state index is 14.0. The Morgan fingerprint density at radius 2 is 2.00 bits per heavy atom. The van der Waals surface area contributed by atoms with Gasteiger partial charge < -0.3 is 5.11 Å². The lowest BCUT2D eigenvalue weighted by Gasteiger charge is -2.05. The van der Waals surface area contributed by atoms with Gasteiger partial charge in [-0.05, 0) is 34.1 Å². The van der Waals surface area contributed by atoms with Crippen molar-refractivity contribution in [3.63, 3.8) is 0 Å². The van der Waals surface area contributed by atoms with Gasteiger partial charge in [-0.25, -0.2) is 18.3 Å². The highest BCUT2D eigenvalue weighted by Gasteiger charge is 2.17. The van der Waals surface area contributed by atoms with Gasteiger partial charge in [0.15, 0.2) is 0 Å². The normalized spacial score (nSPS) is 11.0. The summed E-state index contributed by atoms with van der Waals surface area (Å²) in [6.45, 7) is 0. The van der Waals surface area contributed by atoms with Gasteiger partial charge in [-0.1, -0.05) is 11.3 Å². The summed E-state index contributed by atoms with van der Waals surface area (Å²) in [7, 11) is 0. The molecule has 0 amide bonds. The van der Waals surface area contributed by atoms with Gasteiger partial charge >= 0.3 is 5.97 Å². The molecule has 0 radical (unpaired) electrons. The van der Waals surface area contributed by atoms with Crippen LogP contribution in [0, 0.1) is 11.6 Å². The smallest absolute Gasteiger partial charge is 0.338 e. The van der Waals surface area contributed by atoms with E-state index in [0.29, 0.717) is 0 Å². The Labute approximate surface area is 124 Å². The molecule has 0 atom stereocenters. The summed E-state index contributed by atoms with van der Waals surface area (Å²) in [5, 5.41) is 16.5. The molecule has 0 unspecified atom stereocenters. The first kappa shape index (κ1) is 13.6. The molecule has 0 bridgehead atoms. The first-order valence-corrected chi connectivity index (χ1v) is 6.51. The molecule has 2 aromatic carbocycles. The van der Waals surface area contributed by atoms with E-state index in [0.717, 1.165) is 16.8 Å². The molecule has 5 nitrogen and oxygen atoms in total. The molecule has 3 rings (SSSR count). The summed E-state index contributed by atoms with van der Waals surface area (Å²) in [4.78, 5) is 11.1. The highest BCUT2D eigenvalue weighted by Crippen LogP contribution is 2.25. The van der Waals surface area contributed by atoms with Gasteiger partial charge in [-0.2, -0.15) is 0 Å². The Hall–Kier alpha value is -2.35. The Morgan fingerprint density at radius 1 is 1.24 bits per heavy atom. The number of hydrogen-bond acceptors (Lipinski definition) is 3. The van der Waals surface area contributed by atoms with Crippen LogP contribution < -0.4 is 0 Å². The van der Waals surface area contributed by atoms with Crippen molar-refractivity contribution in [1.29, 1.82) is 0 Å². The summed E-state index contributed by atoms with van der Waals surface area (Å²) in [6.07, 6.45) is 0. The first-order chi connectivity index (χ1) is 9.99. The second-order valence-corrected chi connectivity index (χ2v) is 5.05. The molecule has 3 aromatic rings. The molecule has 106 valence electrons. The number of aromatic carboxylic acids is 1. The molecule has 0 saturated carbocycles. The van der Waals surface area contributed by atoms with Crippen molar-refractivity contribution in [2.24, 2.45) is 0 Å². The van der Waals surface area contributed by atoms with E-state index in [2.05, 4.69) is 26.2 Å². The zero-order valence-corrected chi connectivity index (χ0v) is 11.8. The minimum atomic E-state index is -1.17. The molecule has 0 aliphatic rings. The Kier molecular flexibility index (Phi) is 3.17.